The molecule has 1 aromatic heterocycles. The summed E-state index contributed by atoms with van der Waals surface area (Å²) < 4.78 is 39.8. The number of aromatic nitrogens is 2. The highest BCUT2D eigenvalue weighted by Crippen LogP contribution is 2.21. The Balaban J connectivity index is 1.71. The van der Waals surface area contributed by atoms with Gasteiger partial charge < -0.3 is 4.98 Å². The second-order valence-electron chi connectivity index (χ2n) is 5.45. The number of aryl methyl sites for hydroxylation is 1. The fourth-order valence-corrected chi connectivity index (χ4v) is 3.50. The molecule has 0 radical (unpaired) electrons. The first-order valence-electron chi connectivity index (χ1n) is 7.28. The van der Waals surface area contributed by atoms with E-state index >= 15 is 0 Å². The topological polar surface area (TPSA) is 74.8 Å². The molecule has 5 nitrogen and oxygen atoms in total. The van der Waals surface area contributed by atoms with Crippen LogP contribution in [-0.4, -0.2) is 18.4 Å². The minimum atomic E-state index is -3.57. The van der Waals surface area contributed by atoms with Gasteiger partial charge in [0.1, 0.15) is 11.6 Å². The summed E-state index contributed by atoms with van der Waals surface area (Å²) in [6.07, 6.45) is 1.73. The van der Waals surface area contributed by atoms with Crippen molar-refractivity contribution in [1.29, 1.82) is 0 Å². The van der Waals surface area contributed by atoms with Crippen molar-refractivity contribution in [3.63, 3.8) is 0 Å². The van der Waals surface area contributed by atoms with Crippen LogP contribution in [0.5, 0.6) is 0 Å². The van der Waals surface area contributed by atoms with Crippen LogP contribution in [0.25, 0.3) is 11.3 Å². The predicted octanol–water partition coefficient (Wildman–Crippen LogP) is 3.47. The molecule has 0 aliphatic carbocycles. The lowest BCUT2D eigenvalue weighted by Gasteiger charge is -2.09. The number of nitrogens with zero attached hydrogens (tertiary/aromatic N) is 1. The van der Waals surface area contributed by atoms with Crippen LogP contribution in [0.1, 0.15) is 11.4 Å². The zero-order valence-corrected chi connectivity index (χ0v) is 13.8. The number of rotatable bonds is 5. The van der Waals surface area contributed by atoms with Gasteiger partial charge >= 0.3 is 0 Å². The molecule has 124 valence electrons. The summed E-state index contributed by atoms with van der Waals surface area (Å²) in [7, 11) is -3.57. The number of anilines is 1. The Morgan fingerprint density at radius 2 is 1.75 bits per heavy atom. The van der Waals surface area contributed by atoms with E-state index in [1.54, 1.807) is 18.3 Å². The van der Waals surface area contributed by atoms with Gasteiger partial charge in [0.15, 0.2) is 0 Å². The van der Waals surface area contributed by atoms with Crippen molar-refractivity contribution in [3.05, 3.63) is 71.9 Å². The van der Waals surface area contributed by atoms with Gasteiger partial charge in [0.2, 0.25) is 10.0 Å². The van der Waals surface area contributed by atoms with E-state index in [4.69, 9.17) is 0 Å². The summed E-state index contributed by atoms with van der Waals surface area (Å²) in [5.41, 5.74) is 2.77. The van der Waals surface area contributed by atoms with Crippen molar-refractivity contribution in [2.75, 3.05) is 4.72 Å². The third kappa shape index (κ3) is 3.99. The van der Waals surface area contributed by atoms with E-state index in [1.165, 1.54) is 24.3 Å². The quantitative estimate of drug-likeness (QED) is 0.743. The minimum Gasteiger partial charge on any atom is -0.342 e. The number of hydrogen-bond donors (Lipinski definition) is 2. The Bertz CT molecular complexity index is 933. The van der Waals surface area contributed by atoms with Crippen molar-refractivity contribution in [2.45, 2.75) is 12.7 Å². The maximum atomic E-state index is 12.9. The average molecular weight is 345 g/mol. The maximum Gasteiger partial charge on any atom is 0.236 e. The lowest BCUT2D eigenvalue weighted by molar-refractivity contribution is 0.600. The molecular formula is C17H16FN3O2S. The SMILES string of the molecule is Cc1ncc(-c2ccc(NS(=O)(=O)Cc3ccc(F)cc3)cc2)[nH]1. The van der Waals surface area contributed by atoms with Gasteiger partial charge in [0.05, 0.1) is 17.6 Å². The van der Waals surface area contributed by atoms with Crippen molar-refractivity contribution in [2.24, 2.45) is 0 Å². The molecule has 0 atom stereocenters. The molecule has 2 N–H and O–H groups in total. The molecule has 1 heterocycles. The zero-order valence-electron chi connectivity index (χ0n) is 13.0. The zero-order chi connectivity index (χ0) is 17.2. The summed E-state index contributed by atoms with van der Waals surface area (Å²) in [5, 5.41) is 0. The van der Waals surface area contributed by atoms with Crippen molar-refractivity contribution >= 4 is 15.7 Å². The van der Waals surface area contributed by atoms with Gasteiger partial charge in [-0.2, -0.15) is 0 Å². The summed E-state index contributed by atoms with van der Waals surface area (Å²) >= 11 is 0. The number of benzene rings is 2. The molecule has 0 bridgehead atoms. The summed E-state index contributed by atoms with van der Waals surface area (Å²) in [5.74, 6) is 0.206. The Morgan fingerprint density at radius 1 is 1.08 bits per heavy atom. The van der Waals surface area contributed by atoms with Gasteiger partial charge in [-0.3, -0.25) is 4.72 Å². The summed E-state index contributed by atoms with van der Waals surface area (Å²) in [6.45, 7) is 1.86. The highest BCUT2D eigenvalue weighted by atomic mass is 32.2. The highest BCUT2D eigenvalue weighted by Gasteiger charge is 2.12. The van der Waals surface area contributed by atoms with Gasteiger partial charge in [-0.1, -0.05) is 24.3 Å². The van der Waals surface area contributed by atoms with E-state index in [2.05, 4.69) is 14.7 Å². The number of hydrogen-bond acceptors (Lipinski definition) is 3. The van der Waals surface area contributed by atoms with Crippen LogP contribution in [0.4, 0.5) is 10.1 Å². The molecule has 0 aliphatic heterocycles. The Hall–Kier alpha value is -2.67. The fourth-order valence-electron chi connectivity index (χ4n) is 2.30. The fraction of sp³-hybridized carbons (Fsp3) is 0.118. The molecule has 3 rings (SSSR count). The minimum absolute atomic E-state index is 0.214. The largest absolute Gasteiger partial charge is 0.342 e. The second-order valence-corrected chi connectivity index (χ2v) is 7.17. The van der Waals surface area contributed by atoms with E-state index in [-0.39, 0.29) is 5.75 Å². The number of aromatic amines is 1. The number of sulfonamides is 1. The molecule has 3 aromatic rings. The van der Waals surface area contributed by atoms with Gasteiger partial charge in [-0.05, 0) is 42.3 Å². The molecule has 0 aliphatic rings. The van der Waals surface area contributed by atoms with Gasteiger partial charge in [0.25, 0.3) is 0 Å². The average Bonchev–Trinajstić information content (AvgIpc) is 2.96. The lowest BCUT2D eigenvalue weighted by atomic mass is 10.1. The molecule has 0 saturated heterocycles. The molecule has 7 heteroatoms. The van der Waals surface area contributed by atoms with E-state index < -0.39 is 15.8 Å². The molecule has 0 saturated carbocycles. The van der Waals surface area contributed by atoms with Crippen molar-refractivity contribution in [1.82, 2.24) is 9.97 Å². The maximum absolute atomic E-state index is 12.9. The van der Waals surface area contributed by atoms with Crippen LogP contribution in [0.2, 0.25) is 0 Å². The van der Waals surface area contributed by atoms with E-state index in [1.807, 2.05) is 19.1 Å². The predicted molar refractivity (Wildman–Crippen MR) is 91.4 cm³/mol. The molecule has 0 spiro atoms. The second kappa shape index (κ2) is 6.45. The number of nitrogens with one attached hydrogen (secondary N) is 2. The Kier molecular flexibility index (Phi) is 4.35. The van der Waals surface area contributed by atoms with Gasteiger partial charge in [-0.25, -0.2) is 17.8 Å². The monoisotopic (exact) mass is 345 g/mol. The standard InChI is InChI=1S/C17H16FN3O2S/c1-12-19-10-17(20-12)14-4-8-16(9-5-14)21-24(22,23)11-13-2-6-15(18)7-3-13/h2-10,21H,11H2,1H3,(H,19,20). The molecule has 0 unspecified atom stereocenters. The third-order valence-corrected chi connectivity index (χ3v) is 4.70. The number of imidazole rings is 1. The first-order valence-corrected chi connectivity index (χ1v) is 8.93. The molecule has 0 fully saturated rings. The third-order valence-electron chi connectivity index (χ3n) is 3.44. The van der Waals surface area contributed by atoms with Crippen LogP contribution in [-0.2, 0) is 15.8 Å². The van der Waals surface area contributed by atoms with Crippen LogP contribution < -0.4 is 4.72 Å². The Labute approximate surface area is 139 Å². The normalized spacial score (nSPS) is 11.4. The number of halogens is 1. The molecule has 0 amide bonds. The lowest BCUT2D eigenvalue weighted by Crippen LogP contribution is -2.15. The van der Waals surface area contributed by atoms with E-state index in [9.17, 15) is 12.8 Å². The van der Waals surface area contributed by atoms with Crippen molar-refractivity contribution in [3.8, 4) is 11.3 Å². The highest BCUT2D eigenvalue weighted by molar-refractivity contribution is 7.91. The van der Waals surface area contributed by atoms with Gasteiger partial charge in [0, 0.05) is 5.69 Å². The summed E-state index contributed by atoms with van der Waals surface area (Å²) in [6, 6.07) is 12.4. The van der Waals surface area contributed by atoms with E-state index in [0.717, 1.165) is 17.1 Å². The van der Waals surface area contributed by atoms with E-state index in [0.29, 0.717) is 11.3 Å². The summed E-state index contributed by atoms with van der Waals surface area (Å²) in [4.78, 5) is 7.25. The smallest absolute Gasteiger partial charge is 0.236 e. The molecule has 2 aromatic carbocycles. The van der Waals surface area contributed by atoms with Crippen LogP contribution in [0.3, 0.4) is 0 Å². The van der Waals surface area contributed by atoms with Crippen molar-refractivity contribution < 1.29 is 12.8 Å². The number of H-pyrrole nitrogens is 1. The van der Waals surface area contributed by atoms with Gasteiger partial charge in [-0.15, -0.1) is 0 Å². The van der Waals surface area contributed by atoms with Crippen LogP contribution in [0, 0.1) is 12.7 Å². The molecular weight excluding hydrogens is 329 g/mol. The van der Waals surface area contributed by atoms with Crippen LogP contribution in [0.15, 0.2) is 54.7 Å². The first-order chi connectivity index (χ1) is 11.4. The first kappa shape index (κ1) is 16.2. The van der Waals surface area contributed by atoms with Crippen LogP contribution >= 0.6 is 0 Å². The Morgan fingerprint density at radius 3 is 2.33 bits per heavy atom. The molecule has 24 heavy (non-hydrogen) atoms.